The summed E-state index contributed by atoms with van der Waals surface area (Å²) < 4.78 is 7.64. The second kappa shape index (κ2) is 6.71. The Bertz CT molecular complexity index is 301. The molecule has 2 rings (SSSR count). The summed E-state index contributed by atoms with van der Waals surface area (Å²) in [7, 11) is 0. The van der Waals surface area contributed by atoms with Gasteiger partial charge in [-0.05, 0) is 25.3 Å². The maximum Gasteiger partial charge on any atom is 0.119 e. The van der Waals surface area contributed by atoms with Crippen LogP contribution in [0.15, 0.2) is 12.7 Å². The fourth-order valence-corrected chi connectivity index (χ4v) is 2.24. The van der Waals surface area contributed by atoms with Gasteiger partial charge in [-0.1, -0.05) is 6.92 Å². The molecule has 1 saturated heterocycles. The Morgan fingerprint density at radius 2 is 2.12 bits per heavy atom. The molecule has 1 aliphatic heterocycles. The van der Waals surface area contributed by atoms with Crippen molar-refractivity contribution >= 4 is 0 Å². The fourth-order valence-electron chi connectivity index (χ4n) is 2.24. The van der Waals surface area contributed by atoms with Crippen LogP contribution in [0.2, 0.25) is 0 Å². The Morgan fingerprint density at radius 1 is 1.29 bits per heavy atom. The Morgan fingerprint density at radius 3 is 2.88 bits per heavy atom. The second-order valence-corrected chi connectivity index (χ2v) is 4.73. The van der Waals surface area contributed by atoms with E-state index in [1.807, 2.05) is 4.57 Å². The predicted molar refractivity (Wildman–Crippen MR) is 65.7 cm³/mol. The number of aromatic nitrogens is 3. The van der Waals surface area contributed by atoms with Crippen LogP contribution >= 0.6 is 0 Å². The Balaban J connectivity index is 1.61. The summed E-state index contributed by atoms with van der Waals surface area (Å²) in [4.78, 5) is 2.50. The molecule has 0 spiro atoms. The molecule has 0 amide bonds. The third kappa shape index (κ3) is 4.09. The molecule has 1 aromatic rings. The van der Waals surface area contributed by atoms with Crippen LogP contribution < -0.4 is 0 Å². The molecular weight excluding hydrogens is 216 g/mol. The van der Waals surface area contributed by atoms with Crippen LogP contribution in [0.5, 0.6) is 0 Å². The van der Waals surface area contributed by atoms with E-state index in [0.29, 0.717) is 0 Å². The SMILES string of the molecule is CCCOCC1CCN(CCn2cnnc2)C1. The first-order valence-corrected chi connectivity index (χ1v) is 6.51. The minimum atomic E-state index is 0.725. The van der Waals surface area contributed by atoms with Crippen molar-refractivity contribution in [2.75, 3.05) is 32.8 Å². The van der Waals surface area contributed by atoms with Crippen LogP contribution in [0.1, 0.15) is 19.8 Å². The van der Waals surface area contributed by atoms with Gasteiger partial charge in [-0.15, -0.1) is 10.2 Å². The number of ether oxygens (including phenoxy) is 1. The topological polar surface area (TPSA) is 43.2 Å². The molecule has 5 heteroatoms. The maximum atomic E-state index is 5.61. The zero-order valence-electron chi connectivity index (χ0n) is 10.6. The van der Waals surface area contributed by atoms with Gasteiger partial charge >= 0.3 is 0 Å². The molecule has 1 aliphatic rings. The van der Waals surface area contributed by atoms with Gasteiger partial charge in [0, 0.05) is 26.2 Å². The van der Waals surface area contributed by atoms with Gasteiger partial charge in [-0.3, -0.25) is 0 Å². The number of likely N-dealkylation sites (tertiary alicyclic amines) is 1. The number of hydrogen-bond donors (Lipinski definition) is 0. The Kier molecular flexibility index (Phi) is 4.94. The average molecular weight is 238 g/mol. The van der Waals surface area contributed by atoms with E-state index in [1.54, 1.807) is 12.7 Å². The van der Waals surface area contributed by atoms with Gasteiger partial charge in [0.05, 0.1) is 6.61 Å². The molecule has 5 nitrogen and oxygen atoms in total. The quantitative estimate of drug-likeness (QED) is 0.665. The minimum absolute atomic E-state index is 0.725. The van der Waals surface area contributed by atoms with E-state index in [-0.39, 0.29) is 0 Å². The summed E-state index contributed by atoms with van der Waals surface area (Å²) >= 11 is 0. The molecule has 1 aromatic heterocycles. The second-order valence-electron chi connectivity index (χ2n) is 4.73. The van der Waals surface area contributed by atoms with E-state index in [1.165, 1.54) is 19.5 Å². The van der Waals surface area contributed by atoms with Gasteiger partial charge in [-0.25, -0.2) is 0 Å². The molecule has 0 aromatic carbocycles. The van der Waals surface area contributed by atoms with Gasteiger partial charge in [0.15, 0.2) is 0 Å². The van der Waals surface area contributed by atoms with Crippen LogP contribution in [-0.4, -0.2) is 52.5 Å². The van der Waals surface area contributed by atoms with Crippen molar-refractivity contribution in [1.29, 1.82) is 0 Å². The van der Waals surface area contributed by atoms with Gasteiger partial charge in [0.2, 0.25) is 0 Å². The number of rotatable bonds is 7. The summed E-state index contributed by atoms with van der Waals surface area (Å²) in [6.07, 6.45) is 5.94. The Labute approximate surface area is 103 Å². The molecule has 0 aliphatic carbocycles. The van der Waals surface area contributed by atoms with Crippen LogP contribution in [0.3, 0.4) is 0 Å². The van der Waals surface area contributed by atoms with Gasteiger partial charge in [0.25, 0.3) is 0 Å². The monoisotopic (exact) mass is 238 g/mol. The first-order valence-electron chi connectivity index (χ1n) is 6.51. The molecule has 0 bridgehead atoms. The highest BCUT2D eigenvalue weighted by molar-refractivity contribution is 4.75. The molecule has 17 heavy (non-hydrogen) atoms. The van der Waals surface area contributed by atoms with Crippen molar-refractivity contribution in [3.63, 3.8) is 0 Å². The van der Waals surface area contributed by atoms with Crippen molar-refractivity contribution < 1.29 is 4.74 Å². The number of nitrogens with zero attached hydrogens (tertiary/aromatic N) is 4. The highest BCUT2D eigenvalue weighted by Crippen LogP contribution is 2.16. The van der Waals surface area contributed by atoms with Gasteiger partial charge < -0.3 is 14.2 Å². The van der Waals surface area contributed by atoms with E-state index < -0.39 is 0 Å². The molecule has 2 heterocycles. The average Bonchev–Trinajstić information content (AvgIpc) is 2.98. The van der Waals surface area contributed by atoms with E-state index in [4.69, 9.17) is 4.74 Å². The van der Waals surface area contributed by atoms with Crippen LogP contribution in [0, 0.1) is 5.92 Å². The summed E-state index contributed by atoms with van der Waals surface area (Å²) in [6.45, 7) is 8.42. The van der Waals surface area contributed by atoms with Crippen LogP contribution in [-0.2, 0) is 11.3 Å². The van der Waals surface area contributed by atoms with E-state index in [9.17, 15) is 0 Å². The lowest BCUT2D eigenvalue weighted by atomic mass is 10.1. The van der Waals surface area contributed by atoms with E-state index in [2.05, 4.69) is 22.0 Å². The molecule has 96 valence electrons. The van der Waals surface area contributed by atoms with Gasteiger partial charge in [-0.2, -0.15) is 0 Å². The first kappa shape index (κ1) is 12.5. The minimum Gasteiger partial charge on any atom is -0.381 e. The summed E-state index contributed by atoms with van der Waals surface area (Å²) in [6, 6.07) is 0. The predicted octanol–water partition coefficient (Wildman–Crippen LogP) is 1.03. The normalized spacial score (nSPS) is 21.1. The van der Waals surface area contributed by atoms with Crippen LogP contribution in [0.4, 0.5) is 0 Å². The first-order chi connectivity index (χ1) is 8.38. The molecular formula is C12H22N4O. The smallest absolute Gasteiger partial charge is 0.119 e. The fraction of sp³-hybridized carbons (Fsp3) is 0.833. The molecule has 0 N–H and O–H groups in total. The summed E-state index contributed by atoms with van der Waals surface area (Å²) in [5.41, 5.74) is 0. The zero-order chi connectivity index (χ0) is 11.9. The lowest BCUT2D eigenvalue weighted by Gasteiger charge is -2.16. The largest absolute Gasteiger partial charge is 0.381 e. The zero-order valence-corrected chi connectivity index (χ0v) is 10.6. The van der Waals surface area contributed by atoms with Crippen molar-refractivity contribution in [1.82, 2.24) is 19.7 Å². The maximum absolute atomic E-state index is 5.61. The van der Waals surface area contributed by atoms with Crippen molar-refractivity contribution in [2.45, 2.75) is 26.3 Å². The molecule has 0 radical (unpaired) electrons. The lowest BCUT2D eigenvalue weighted by Crippen LogP contribution is -2.25. The van der Waals surface area contributed by atoms with Gasteiger partial charge in [0.1, 0.15) is 12.7 Å². The van der Waals surface area contributed by atoms with E-state index >= 15 is 0 Å². The van der Waals surface area contributed by atoms with E-state index in [0.717, 1.165) is 38.6 Å². The molecule has 1 fully saturated rings. The summed E-state index contributed by atoms with van der Waals surface area (Å²) in [5.74, 6) is 0.725. The molecule has 1 unspecified atom stereocenters. The Hall–Kier alpha value is -0.940. The standard InChI is InChI=1S/C12H22N4O/c1-2-7-17-9-12-3-4-15(8-12)5-6-16-10-13-14-11-16/h10-12H,2-9H2,1H3. The highest BCUT2D eigenvalue weighted by atomic mass is 16.5. The van der Waals surface area contributed by atoms with Crippen molar-refractivity contribution in [3.8, 4) is 0 Å². The van der Waals surface area contributed by atoms with Crippen LogP contribution in [0.25, 0.3) is 0 Å². The van der Waals surface area contributed by atoms with Crippen molar-refractivity contribution in [2.24, 2.45) is 5.92 Å². The molecule has 0 saturated carbocycles. The summed E-state index contributed by atoms with van der Waals surface area (Å²) in [5, 5.41) is 7.61. The van der Waals surface area contributed by atoms with Crippen molar-refractivity contribution in [3.05, 3.63) is 12.7 Å². The highest BCUT2D eigenvalue weighted by Gasteiger charge is 2.21. The lowest BCUT2D eigenvalue weighted by molar-refractivity contribution is 0.101. The molecule has 1 atom stereocenters. The third-order valence-electron chi connectivity index (χ3n) is 3.21. The number of hydrogen-bond acceptors (Lipinski definition) is 4. The third-order valence-corrected chi connectivity index (χ3v) is 3.21.